The number of ether oxygens (including phenoxy) is 1. The Morgan fingerprint density at radius 1 is 1.25 bits per heavy atom. The minimum atomic E-state index is -1.02. The van der Waals surface area contributed by atoms with E-state index in [1.807, 2.05) is 31.2 Å². The zero-order valence-corrected chi connectivity index (χ0v) is 15.3. The van der Waals surface area contributed by atoms with Crippen molar-refractivity contribution in [3.63, 3.8) is 0 Å². The first kappa shape index (κ1) is 18.7. The molecule has 1 aliphatic carbocycles. The Bertz CT molecular complexity index is 573. The second-order valence-corrected chi connectivity index (χ2v) is 7.61. The topological polar surface area (TPSA) is 46.5 Å². The van der Waals surface area contributed by atoms with Gasteiger partial charge in [-0.15, -0.1) is 0 Å². The number of benzene rings is 1. The van der Waals surface area contributed by atoms with Crippen molar-refractivity contribution >= 4 is 5.97 Å². The van der Waals surface area contributed by atoms with Gasteiger partial charge in [-0.2, -0.15) is 0 Å². The Morgan fingerprint density at radius 3 is 2.46 bits per heavy atom. The second-order valence-electron chi connectivity index (χ2n) is 7.61. The molecule has 132 valence electrons. The molecule has 4 atom stereocenters. The van der Waals surface area contributed by atoms with Crippen LogP contribution in [0.5, 0.6) is 0 Å². The van der Waals surface area contributed by atoms with Gasteiger partial charge in [0.25, 0.3) is 0 Å². The predicted molar refractivity (Wildman–Crippen MR) is 96.5 cm³/mol. The fourth-order valence-corrected chi connectivity index (χ4v) is 3.52. The van der Waals surface area contributed by atoms with Crippen molar-refractivity contribution in [1.29, 1.82) is 0 Å². The number of hydrogen-bond acceptors (Lipinski definition) is 3. The number of hydrogen-bond donors (Lipinski definition) is 1. The maximum absolute atomic E-state index is 12.5. The van der Waals surface area contributed by atoms with E-state index in [9.17, 15) is 9.90 Å². The van der Waals surface area contributed by atoms with Crippen LogP contribution >= 0.6 is 0 Å². The van der Waals surface area contributed by atoms with E-state index in [0.717, 1.165) is 18.4 Å². The lowest BCUT2D eigenvalue weighted by atomic mass is 9.75. The predicted octanol–water partition coefficient (Wildman–Crippen LogP) is 4.59. The number of esters is 1. The molecule has 0 amide bonds. The largest absolute Gasteiger partial charge is 0.459 e. The lowest BCUT2D eigenvalue weighted by molar-refractivity contribution is -0.152. The third kappa shape index (κ3) is 4.47. The minimum Gasteiger partial charge on any atom is -0.459 e. The van der Waals surface area contributed by atoms with E-state index in [1.165, 1.54) is 6.42 Å². The summed E-state index contributed by atoms with van der Waals surface area (Å²) in [4.78, 5) is 12.5. The summed E-state index contributed by atoms with van der Waals surface area (Å²) >= 11 is 0. The van der Waals surface area contributed by atoms with Crippen molar-refractivity contribution in [2.45, 2.75) is 59.2 Å². The molecule has 3 heteroatoms. The van der Waals surface area contributed by atoms with Gasteiger partial charge >= 0.3 is 5.97 Å². The normalized spacial score (nSPS) is 25.3. The van der Waals surface area contributed by atoms with E-state index in [0.29, 0.717) is 23.3 Å². The fourth-order valence-electron chi connectivity index (χ4n) is 3.52. The third-order valence-corrected chi connectivity index (χ3v) is 5.21. The van der Waals surface area contributed by atoms with Crippen LogP contribution in [0.15, 0.2) is 36.4 Å². The standard InChI is InChI=1S/C21H30O3/c1-13(2)18-11-8-15(4)12-19(18)24-21(23)16(5)20(22)17-9-6-14(3)7-10-17/h6-7,9-10,13,15,18-20,22H,5,8,11-12H2,1-4H3/t15-,18+,19-,20?/m0/s1. The van der Waals surface area contributed by atoms with E-state index in [2.05, 4.69) is 27.4 Å². The molecule has 1 aromatic carbocycles. The smallest absolute Gasteiger partial charge is 0.336 e. The minimum absolute atomic E-state index is 0.0804. The molecule has 1 saturated carbocycles. The van der Waals surface area contributed by atoms with Gasteiger partial charge in [-0.3, -0.25) is 0 Å². The molecular formula is C21H30O3. The van der Waals surface area contributed by atoms with Crippen LogP contribution in [0.25, 0.3) is 0 Å². The molecule has 0 heterocycles. The maximum atomic E-state index is 12.5. The van der Waals surface area contributed by atoms with Gasteiger partial charge in [0.2, 0.25) is 0 Å². The van der Waals surface area contributed by atoms with Gasteiger partial charge in [0.1, 0.15) is 12.2 Å². The van der Waals surface area contributed by atoms with Crippen molar-refractivity contribution in [1.82, 2.24) is 0 Å². The molecule has 0 spiro atoms. The Morgan fingerprint density at radius 2 is 1.88 bits per heavy atom. The van der Waals surface area contributed by atoms with Crippen LogP contribution in [0.2, 0.25) is 0 Å². The molecular weight excluding hydrogens is 300 g/mol. The summed E-state index contributed by atoms with van der Waals surface area (Å²) in [6, 6.07) is 7.46. The zero-order chi connectivity index (χ0) is 17.9. The van der Waals surface area contributed by atoms with Crippen LogP contribution in [0.4, 0.5) is 0 Å². The molecule has 0 saturated heterocycles. The molecule has 1 N–H and O–H groups in total. The fraction of sp³-hybridized carbons (Fsp3) is 0.571. The molecule has 2 rings (SSSR count). The summed E-state index contributed by atoms with van der Waals surface area (Å²) in [7, 11) is 0. The van der Waals surface area contributed by atoms with Gasteiger partial charge in [0.15, 0.2) is 0 Å². The second kappa shape index (κ2) is 7.98. The molecule has 1 aliphatic rings. The first-order valence-corrected chi connectivity index (χ1v) is 8.94. The van der Waals surface area contributed by atoms with E-state index in [4.69, 9.17) is 4.74 Å². The van der Waals surface area contributed by atoms with Crippen LogP contribution in [0, 0.1) is 24.7 Å². The van der Waals surface area contributed by atoms with Crippen LogP contribution < -0.4 is 0 Å². The molecule has 3 nitrogen and oxygen atoms in total. The van der Waals surface area contributed by atoms with Crippen molar-refractivity contribution in [3.8, 4) is 0 Å². The van der Waals surface area contributed by atoms with E-state index >= 15 is 0 Å². The highest BCUT2D eigenvalue weighted by Crippen LogP contribution is 2.36. The van der Waals surface area contributed by atoms with Gasteiger partial charge in [0, 0.05) is 0 Å². The summed E-state index contributed by atoms with van der Waals surface area (Å²) in [5.41, 5.74) is 1.88. The molecule has 0 aromatic heterocycles. The summed E-state index contributed by atoms with van der Waals surface area (Å²) in [6.07, 6.45) is 2.07. The zero-order valence-electron chi connectivity index (χ0n) is 15.3. The van der Waals surface area contributed by atoms with Gasteiger partial charge in [-0.25, -0.2) is 4.79 Å². The highest BCUT2D eigenvalue weighted by Gasteiger charge is 2.34. The van der Waals surface area contributed by atoms with Crippen molar-refractivity contribution in [3.05, 3.63) is 47.5 Å². The summed E-state index contributed by atoms with van der Waals surface area (Å²) < 4.78 is 5.77. The Labute approximate surface area is 145 Å². The molecule has 1 unspecified atom stereocenters. The summed E-state index contributed by atoms with van der Waals surface area (Å²) in [5.74, 6) is 0.945. The Balaban J connectivity index is 2.04. The van der Waals surface area contributed by atoms with E-state index in [1.54, 1.807) is 0 Å². The average molecular weight is 330 g/mol. The lowest BCUT2D eigenvalue weighted by Crippen LogP contribution is -2.36. The number of carbonyl (C=O) groups is 1. The van der Waals surface area contributed by atoms with Gasteiger partial charge < -0.3 is 9.84 Å². The van der Waals surface area contributed by atoms with E-state index in [-0.39, 0.29) is 11.7 Å². The quantitative estimate of drug-likeness (QED) is 0.634. The molecule has 0 radical (unpaired) electrons. The Hall–Kier alpha value is -1.61. The first-order valence-electron chi connectivity index (χ1n) is 8.94. The van der Waals surface area contributed by atoms with E-state index < -0.39 is 12.1 Å². The monoisotopic (exact) mass is 330 g/mol. The first-order chi connectivity index (χ1) is 11.3. The van der Waals surface area contributed by atoms with Crippen molar-refractivity contribution < 1.29 is 14.6 Å². The van der Waals surface area contributed by atoms with Crippen LogP contribution in [-0.2, 0) is 9.53 Å². The van der Waals surface area contributed by atoms with Gasteiger partial charge in [-0.05, 0) is 43.1 Å². The number of rotatable bonds is 5. The molecule has 0 bridgehead atoms. The van der Waals surface area contributed by atoms with Crippen LogP contribution in [-0.4, -0.2) is 17.2 Å². The van der Waals surface area contributed by atoms with Crippen LogP contribution in [0.3, 0.4) is 0 Å². The molecule has 1 aromatic rings. The highest BCUT2D eigenvalue weighted by molar-refractivity contribution is 5.89. The molecule has 24 heavy (non-hydrogen) atoms. The average Bonchev–Trinajstić information content (AvgIpc) is 2.54. The van der Waals surface area contributed by atoms with Crippen molar-refractivity contribution in [2.24, 2.45) is 17.8 Å². The molecule has 1 fully saturated rings. The van der Waals surface area contributed by atoms with Gasteiger partial charge in [0.05, 0.1) is 5.57 Å². The summed E-state index contributed by atoms with van der Waals surface area (Å²) in [5, 5.41) is 10.4. The maximum Gasteiger partial charge on any atom is 0.336 e. The van der Waals surface area contributed by atoms with Crippen LogP contribution in [0.1, 0.15) is 57.3 Å². The third-order valence-electron chi connectivity index (χ3n) is 5.21. The highest BCUT2D eigenvalue weighted by atomic mass is 16.5. The summed E-state index contributed by atoms with van der Waals surface area (Å²) in [6.45, 7) is 12.3. The lowest BCUT2D eigenvalue weighted by Gasteiger charge is -2.37. The Kier molecular flexibility index (Phi) is 6.22. The number of aliphatic hydroxyl groups is 1. The van der Waals surface area contributed by atoms with Crippen molar-refractivity contribution in [2.75, 3.05) is 0 Å². The number of aryl methyl sites for hydroxylation is 1. The number of aliphatic hydroxyl groups excluding tert-OH is 1. The van der Waals surface area contributed by atoms with Gasteiger partial charge in [-0.1, -0.05) is 63.6 Å². The molecule has 0 aliphatic heterocycles. The number of carbonyl (C=O) groups excluding carboxylic acids is 1. The SMILES string of the molecule is C=C(C(=O)O[C@H]1C[C@@H](C)CC[C@@H]1C(C)C)C(O)c1ccc(C)cc1.